The summed E-state index contributed by atoms with van der Waals surface area (Å²) in [4.78, 5) is 0. The van der Waals surface area contributed by atoms with Crippen molar-refractivity contribution in [3.63, 3.8) is 0 Å². The van der Waals surface area contributed by atoms with Crippen LogP contribution in [0.2, 0.25) is 0 Å². The van der Waals surface area contributed by atoms with E-state index >= 15 is 0 Å². The van der Waals surface area contributed by atoms with Crippen molar-refractivity contribution in [3.8, 4) is 5.75 Å². The largest absolute Gasteiger partial charge is 0.488 e. The molecule has 1 aliphatic rings. The predicted molar refractivity (Wildman–Crippen MR) is 72.9 cm³/mol. The van der Waals surface area contributed by atoms with Gasteiger partial charge in [-0.1, -0.05) is 26.0 Å². The van der Waals surface area contributed by atoms with Gasteiger partial charge in [-0.25, -0.2) is 0 Å². The van der Waals surface area contributed by atoms with Crippen molar-refractivity contribution in [1.29, 1.82) is 0 Å². The Balaban J connectivity index is 1.92. The minimum Gasteiger partial charge on any atom is -0.488 e. The Kier molecular flexibility index (Phi) is 4.61. The zero-order valence-corrected chi connectivity index (χ0v) is 11.3. The van der Waals surface area contributed by atoms with E-state index in [0.717, 1.165) is 31.6 Å². The molecule has 0 radical (unpaired) electrons. The molecule has 0 spiro atoms. The maximum atomic E-state index is 5.97. The van der Waals surface area contributed by atoms with Crippen molar-refractivity contribution >= 4 is 0 Å². The molecule has 100 valence electrons. The van der Waals surface area contributed by atoms with Crippen LogP contribution in [0, 0.1) is 0 Å². The van der Waals surface area contributed by atoms with Crippen molar-refractivity contribution in [1.82, 2.24) is 0 Å². The lowest BCUT2D eigenvalue weighted by molar-refractivity contribution is -0.0980. The van der Waals surface area contributed by atoms with Crippen molar-refractivity contribution in [2.45, 2.75) is 51.4 Å². The summed E-state index contributed by atoms with van der Waals surface area (Å²) >= 11 is 0. The molecule has 1 aromatic rings. The number of hydrogen-bond donors (Lipinski definition) is 1. The summed E-state index contributed by atoms with van der Waals surface area (Å²) in [6.45, 7) is 5.00. The van der Waals surface area contributed by atoms with Crippen LogP contribution in [0.15, 0.2) is 24.3 Å². The van der Waals surface area contributed by atoms with E-state index in [0.29, 0.717) is 0 Å². The summed E-state index contributed by atoms with van der Waals surface area (Å²) in [6, 6.07) is 8.37. The Morgan fingerprint density at radius 1 is 1.33 bits per heavy atom. The van der Waals surface area contributed by atoms with E-state index in [1.54, 1.807) is 0 Å². The third-order valence-electron chi connectivity index (χ3n) is 3.40. The highest BCUT2D eigenvalue weighted by molar-refractivity contribution is 5.29. The van der Waals surface area contributed by atoms with Gasteiger partial charge in [0, 0.05) is 19.1 Å². The second kappa shape index (κ2) is 6.21. The van der Waals surface area contributed by atoms with Crippen LogP contribution < -0.4 is 10.5 Å². The van der Waals surface area contributed by atoms with Crippen LogP contribution in [0.4, 0.5) is 0 Å². The summed E-state index contributed by atoms with van der Waals surface area (Å²) in [6.07, 6.45) is 3.08. The Morgan fingerprint density at radius 3 is 2.83 bits per heavy atom. The molecular formula is C15H23NO2. The summed E-state index contributed by atoms with van der Waals surface area (Å²) < 4.78 is 11.7. The Hall–Kier alpha value is -1.06. The molecule has 18 heavy (non-hydrogen) atoms. The smallest absolute Gasteiger partial charge is 0.128 e. The molecule has 3 atom stereocenters. The molecule has 0 amide bonds. The van der Waals surface area contributed by atoms with Crippen LogP contribution in [0.25, 0.3) is 0 Å². The SMILES string of the molecule is CCCOC1C(N)CC1Oc1cccc(CC)c1. The Morgan fingerprint density at radius 2 is 2.17 bits per heavy atom. The average Bonchev–Trinajstić information content (AvgIpc) is 2.39. The molecule has 0 bridgehead atoms. The normalized spacial score (nSPS) is 26.7. The first-order chi connectivity index (χ1) is 8.74. The van der Waals surface area contributed by atoms with E-state index in [1.165, 1.54) is 5.56 Å². The van der Waals surface area contributed by atoms with Crippen LogP contribution >= 0.6 is 0 Å². The molecule has 1 fully saturated rings. The monoisotopic (exact) mass is 249 g/mol. The van der Waals surface area contributed by atoms with Gasteiger partial charge in [0.25, 0.3) is 0 Å². The van der Waals surface area contributed by atoms with Crippen LogP contribution in [0.3, 0.4) is 0 Å². The summed E-state index contributed by atoms with van der Waals surface area (Å²) in [5, 5.41) is 0. The molecule has 2 rings (SSSR count). The van der Waals surface area contributed by atoms with Gasteiger partial charge in [0.2, 0.25) is 0 Å². The fourth-order valence-corrected chi connectivity index (χ4v) is 2.23. The van der Waals surface area contributed by atoms with Gasteiger partial charge < -0.3 is 15.2 Å². The van der Waals surface area contributed by atoms with E-state index in [2.05, 4.69) is 26.0 Å². The molecule has 2 N–H and O–H groups in total. The number of nitrogens with two attached hydrogens (primary N) is 1. The van der Waals surface area contributed by atoms with E-state index in [-0.39, 0.29) is 18.2 Å². The van der Waals surface area contributed by atoms with Crippen molar-refractivity contribution in [2.24, 2.45) is 5.73 Å². The van der Waals surface area contributed by atoms with Gasteiger partial charge in [0.05, 0.1) is 0 Å². The van der Waals surface area contributed by atoms with Gasteiger partial charge in [0.15, 0.2) is 0 Å². The van der Waals surface area contributed by atoms with Gasteiger partial charge in [-0.15, -0.1) is 0 Å². The molecule has 0 aromatic heterocycles. The van der Waals surface area contributed by atoms with Crippen molar-refractivity contribution < 1.29 is 9.47 Å². The number of aryl methyl sites for hydroxylation is 1. The number of ether oxygens (including phenoxy) is 2. The first kappa shape index (κ1) is 13.4. The zero-order chi connectivity index (χ0) is 13.0. The minimum atomic E-state index is 0.0511. The minimum absolute atomic E-state index is 0.0511. The average molecular weight is 249 g/mol. The second-order valence-electron chi connectivity index (χ2n) is 4.89. The second-order valence-corrected chi connectivity index (χ2v) is 4.89. The highest BCUT2D eigenvalue weighted by atomic mass is 16.5. The van der Waals surface area contributed by atoms with Crippen LogP contribution in [-0.2, 0) is 11.2 Å². The first-order valence-electron chi connectivity index (χ1n) is 6.87. The molecule has 1 aliphatic carbocycles. The number of benzene rings is 1. The number of hydrogen-bond acceptors (Lipinski definition) is 3. The van der Waals surface area contributed by atoms with E-state index in [1.807, 2.05) is 12.1 Å². The van der Waals surface area contributed by atoms with Gasteiger partial charge in [0.1, 0.15) is 18.0 Å². The van der Waals surface area contributed by atoms with E-state index < -0.39 is 0 Å². The maximum absolute atomic E-state index is 5.97. The molecule has 1 saturated carbocycles. The van der Waals surface area contributed by atoms with Gasteiger partial charge in [-0.05, 0) is 30.5 Å². The molecule has 1 aromatic carbocycles. The maximum Gasteiger partial charge on any atom is 0.128 e. The summed E-state index contributed by atoms with van der Waals surface area (Å²) in [7, 11) is 0. The van der Waals surface area contributed by atoms with Gasteiger partial charge >= 0.3 is 0 Å². The highest BCUT2D eigenvalue weighted by Gasteiger charge is 2.41. The molecule has 3 heteroatoms. The van der Waals surface area contributed by atoms with E-state index in [9.17, 15) is 0 Å². The summed E-state index contributed by atoms with van der Waals surface area (Å²) in [5.41, 5.74) is 7.25. The van der Waals surface area contributed by atoms with Crippen LogP contribution in [-0.4, -0.2) is 24.9 Å². The molecule has 0 heterocycles. The third-order valence-corrected chi connectivity index (χ3v) is 3.40. The van der Waals surface area contributed by atoms with Gasteiger partial charge in [-0.3, -0.25) is 0 Å². The fourth-order valence-electron chi connectivity index (χ4n) is 2.23. The first-order valence-corrected chi connectivity index (χ1v) is 6.87. The molecule has 0 aliphatic heterocycles. The number of rotatable bonds is 6. The molecule has 0 saturated heterocycles. The van der Waals surface area contributed by atoms with Gasteiger partial charge in [-0.2, -0.15) is 0 Å². The summed E-state index contributed by atoms with van der Waals surface area (Å²) in [5.74, 6) is 0.927. The lowest BCUT2D eigenvalue weighted by Gasteiger charge is -2.41. The molecule has 3 unspecified atom stereocenters. The van der Waals surface area contributed by atoms with Crippen molar-refractivity contribution in [3.05, 3.63) is 29.8 Å². The lowest BCUT2D eigenvalue weighted by Crippen LogP contribution is -2.59. The molecule has 3 nitrogen and oxygen atoms in total. The topological polar surface area (TPSA) is 44.5 Å². The standard InChI is InChI=1S/C15H23NO2/c1-3-8-17-15-13(16)10-14(15)18-12-7-5-6-11(4-2)9-12/h5-7,9,13-15H,3-4,8,10,16H2,1-2H3. The zero-order valence-electron chi connectivity index (χ0n) is 11.3. The van der Waals surface area contributed by atoms with E-state index in [4.69, 9.17) is 15.2 Å². The quantitative estimate of drug-likeness (QED) is 0.842. The van der Waals surface area contributed by atoms with Crippen LogP contribution in [0.5, 0.6) is 5.75 Å². The predicted octanol–water partition coefficient (Wildman–Crippen LogP) is 2.52. The fraction of sp³-hybridized carbons (Fsp3) is 0.600. The highest BCUT2D eigenvalue weighted by Crippen LogP contribution is 2.28. The third kappa shape index (κ3) is 3.03. The Labute approximate surface area is 109 Å². The molecular weight excluding hydrogens is 226 g/mol. The van der Waals surface area contributed by atoms with Crippen molar-refractivity contribution in [2.75, 3.05) is 6.61 Å². The van der Waals surface area contributed by atoms with Crippen LogP contribution in [0.1, 0.15) is 32.3 Å². The lowest BCUT2D eigenvalue weighted by atomic mass is 9.86. The Bertz CT molecular complexity index is 381.